The third kappa shape index (κ3) is 3.11. The van der Waals surface area contributed by atoms with E-state index in [1.807, 2.05) is 38.1 Å². The molecule has 0 aliphatic carbocycles. The molecule has 138 valence electrons. The number of halogens is 1. The highest BCUT2D eigenvalue weighted by atomic mass is 35.5. The van der Waals surface area contributed by atoms with Crippen molar-refractivity contribution < 1.29 is 14.3 Å². The molecule has 1 atom stereocenters. The number of carbonyl (C=O) groups excluding carboxylic acids is 1. The third-order valence-electron chi connectivity index (χ3n) is 4.73. The van der Waals surface area contributed by atoms with Crippen LogP contribution in [0.25, 0.3) is 10.9 Å². The van der Waals surface area contributed by atoms with E-state index in [1.165, 1.54) is 7.11 Å². The van der Waals surface area contributed by atoms with Crippen LogP contribution in [0.4, 0.5) is 0 Å². The second-order valence-electron chi connectivity index (χ2n) is 6.38. The zero-order valence-corrected chi connectivity index (χ0v) is 16.1. The molecule has 0 radical (unpaired) electrons. The molecule has 1 aliphatic rings. The number of pyridine rings is 1. The Morgan fingerprint density at radius 1 is 1.30 bits per heavy atom. The standard InChI is InChI=1S/C20H18ClN3O3/c1-9-5-12-7-13(18(21)24-15(12)6-10(9)2)17-14(8-22)19(23)27-11(3)16(17)20(25)26-4/h5-7,17H,23H2,1-4H3/t17-/m1/s1. The van der Waals surface area contributed by atoms with Crippen molar-refractivity contribution in [2.75, 3.05) is 7.11 Å². The van der Waals surface area contributed by atoms with E-state index in [2.05, 4.69) is 4.98 Å². The lowest BCUT2D eigenvalue weighted by atomic mass is 9.83. The fraction of sp³-hybridized carbons (Fsp3) is 0.250. The molecule has 0 saturated carbocycles. The lowest BCUT2D eigenvalue weighted by Gasteiger charge is -2.27. The number of esters is 1. The summed E-state index contributed by atoms with van der Waals surface area (Å²) in [6, 6.07) is 7.79. The van der Waals surface area contributed by atoms with Crippen molar-refractivity contribution >= 4 is 28.5 Å². The Hall–Kier alpha value is -3.04. The maximum absolute atomic E-state index is 12.4. The number of nitrogens with two attached hydrogens (primary N) is 1. The molecular formula is C20H18ClN3O3. The number of benzene rings is 1. The smallest absolute Gasteiger partial charge is 0.338 e. The van der Waals surface area contributed by atoms with Crippen molar-refractivity contribution in [3.8, 4) is 6.07 Å². The Kier molecular flexibility index (Phi) is 4.81. The normalized spacial score (nSPS) is 17.0. The average molecular weight is 384 g/mol. The molecule has 0 bridgehead atoms. The van der Waals surface area contributed by atoms with Gasteiger partial charge in [-0.05, 0) is 50.1 Å². The fourth-order valence-electron chi connectivity index (χ4n) is 3.20. The SMILES string of the molecule is COC(=O)C1=C(C)OC(N)=C(C#N)[C@H]1c1cc2cc(C)c(C)cc2nc1Cl. The van der Waals surface area contributed by atoms with Crippen LogP contribution in [0.2, 0.25) is 5.15 Å². The number of nitriles is 1. The van der Waals surface area contributed by atoms with Crippen LogP contribution in [0, 0.1) is 25.2 Å². The van der Waals surface area contributed by atoms with Crippen LogP contribution in [0.1, 0.15) is 29.5 Å². The molecule has 2 aromatic rings. The van der Waals surface area contributed by atoms with Crippen molar-refractivity contribution in [2.45, 2.75) is 26.7 Å². The van der Waals surface area contributed by atoms with Crippen LogP contribution in [-0.2, 0) is 14.3 Å². The molecule has 0 amide bonds. The molecule has 0 unspecified atom stereocenters. The van der Waals surface area contributed by atoms with Crippen molar-refractivity contribution in [1.82, 2.24) is 4.98 Å². The minimum absolute atomic E-state index is 0.0658. The Morgan fingerprint density at radius 2 is 1.96 bits per heavy atom. The van der Waals surface area contributed by atoms with Gasteiger partial charge in [-0.15, -0.1) is 0 Å². The molecular weight excluding hydrogens is 366 g/mol. The van der Waals surface area contributed by atoms with E-state index >= 15 is 0 Å². The molecule has 0 saturated heterocycles. The molecule has 0 fully saturated rings. The highest BCUT2D eigenvalue weighted by molar-refractivity contribution is 6.30. The summed E-state index contributed by atoms with van der Waals surface area (Å²) < 4.78 is 10.3. The van der Waals surface area contributed by atoms with E-state index in [1.54, 1.807) is 6.92 Å². The monoisotopic (exact) mass is 383 g/mol. The predicted octanol–water partition coefficient (Wildman–Crippen LogP) is 3.76. The van der Waals surface area contributed by atoms with Gasteiger partial charge in [-0.3, -0.25) is 0 Å². The first kappa shape index (κ1) is 18.7. The second kappa shape index (κ2) is 6.93. The Labute approximate surface area is 161 Å². The molecule has 3 rings (SSSR count). The van der Waals surface area contributed by atoms with Gasteiger partial charge in [0.25, 0.3) is 0 Å². The second-order valence-corrected chi connectivity index (χ2v) is 6.74. The summed E-state index contributed by atoms with van der Waals surface area (Å²) >= 11 is 6.46. The first-order valence-electron chi connectivity index (χ1n) is 8.22. The van der Waals surface area contributed by atoms with E-state index in [9.17, 15) is 10.1 Å². The molecule has 6 nitrogen and oxygen atoms in total. The Bertz CT molecular complexity index is 1080. The molecule has 7 heteroatoms. The number of hydrogen-bond acceptors (Lipinski definition) is 6. The topological polar surface area (TPSA) is 98.2 Å². The number of nitrogens with zero attached hydrogens (tertiary/aromatic N) is 2. The largest absolute Gasteiger partial charge is 0.466 e. The number of carbonyl (C=O) groups is 1. The van der Waals surface area contributed by atoms with Gasteiger partial charge in [-0.1, -0.05) is 11.6 Å². The van der Waals surface area contributed by atoms with E-state index in [-0.39, 0.29) is 27.9 Å². The summed E-state index contributed by atoms with van der Waals surface area (Å²) in [5.41, 5.74) is 9.59. The summed E-state index contributed by atoms with van der Waals surface area (Å²) in [4.78, 5) is 16.9. The Morgan fingerprint density at radius 3 is 2.59 bits per heavy atom. The highest BCUT2D eigenvalue weighted by Gasteiger charge is 2.37. The van der Waals surface area contributed by atoms with Gasteiger partial charge in [0.2, 0.25) is 5.88 Å². The van der Waals surface area contributed by atoms with Gasteiger partial charge in [0.05, 0.1) is 24.1 Å². The van der Waals surface area contributed by atoms with E-state index < -0.39 is 11.9 Å². The van der Waals surface area contributed by atoms with E-state index in [0.717, 1.165) is 22.0 Å². The maximum atomic E-state index is 12.4. The zero-order valence-electron chi connectivity index (χ0n) is 15.4. The van der Waals surface area contributed by atoms with Gasteiger partial charge >= 0.3 is 5.97 Å². The number of ether oxygens (including phenoxy) is 2. The zero-order chi connectivity index (χ0) is 19.9. The molecule has 0 spiro atoms. The number of allylic oxidation sites excluding steroid dienone is 2. The summed E-state index contributed by atoms with van der Waals surface area (Å²) in [6.45, 7) is 5.59. The van der Waals surface area contributed by atoms with Crippen LogP contribution in [0.5, 0.6) is 0 Å². The molecule has 1 aromatic heterocycles. The van der Waals surface area contributed by atoms with Crippen LogP contribution < -0.4 is 5.73 Å². The minimum atomic E-state index is -0.817. The van der Waals surface area contributed by atoms with Crippen LogP contribution in [-0.4, -0.2) is 18.1 Å². The molecule has 1 aliphatic heterocycles. The molecule has 1 aromatic carbocycles. The number of hydrogen-bond donors (Lipinski definition) is 1. The molecule has 2 N–H and O–H groups in total. The number of methoxy groups -OCH3 is 1. The van der Waals surface area contributed by atoms with Crippen molar-refractivity contribution in [3.05, 3.63) is 62.8 Å². The lowest BCUT2D eigenvalue weighted by molar-refractivity contribution is -0.136. The summed E-state index contributed by atoms with van der Waals surface area (Å²) in [5, 5.41) is 10.7. The van der Waals surface area contributed by atoms with Gasteiger partial charge in [0.15, 0.2) is 0 Å². The van der Waals surface area contributed by atoms with Gasteiger partial charge in [0, 0.05) is 10.9 Å². The van der Waals surface area contributed by atoms with Crippen molar-refractivity contribution in [1.29, 1.82) is 5.26 Å². The van der Waals surface area contributed by atoms with Crippen molar-refractivity contribution in [2.24, 2.45) is 5.73 Å². The summed E-state index contributed by atoms with van der Waals surface area (Å²) in [6.07, 6.45) is 0. The van der Waals surface area contributed by atoms with Crippen LogP contribution in [0.15, 0.2) is 41.0 Å². The maximum Gasteiger partial charge on any atom is 0.338 e. The van der Waals surface area contributed by atoms with Gasteiger partial charge in [-0.25, -0.2) is 9.78 Å². The number of fused-ring (bicyclic) bond motifs is 1. The first-order chi connectivity index (χ1) is 12.8. The minimum Gasteiger partial charge on any atom is -0.466 e. The number of aromatic nitrogens is 1. The fourth-order valence-corrected chi connectivity index (χ4v) is 3.46. The summed E-state index contributed by atoms with van der Waals surface area (Å²) in [7, 11) is 1.26. The average Bonchev–Trinajstić information content (AvgIpc) is 2.61. The van der Waals surface area contributed by atoms with Crippen LogP contribution >= 0.6 is 11.6 Å². The Balaban J connectivity index is 2.31. The molecule has 27 heavy (non-hydrogen) atoms. The van der Waals surface area contributed by atoms with Gasteiger partial charge in [0.1, 0.15) is 22.6 Å². The van der Waals surface area contributed by atoms with Crippen LogP contribution in [0.3, 0.4) is 0 Å². The third-order valence-corrected chi connectivity index (χ3v) is 5.04. The molecule has 2 heterocycles. The van der Waals surface area contributed by atoms with E-state index in [0.29, 0.717) is 5.56 Å². The predicted molar refractivity (Wildman–Crippen MR) is 102 cm³/mol. The number of aryl methyl sites for hydroxylation is 2. The first-order valence-corrected chi connectivity index (χ1v) is 8.60. The van der Waals surface area contributed by atoms with E-state index in [4.69, 9.17) is 26.8 Å². The van der Waals surface area contributed by atoms with Gasteiger partial charge < -0.3 is 15.2 Å². The highest BCUT2D eigenvalue weighted by Crippen LogP contribution is 2.42. The van der Waals surface area contributed by atoms with Gasteiger partial charge in [-0.2, -0.15) is 5.26 Å². The quantitative estimate of drug-likeness (QED) is 0.626. The lowest BCUT2D eigenvalue weighted by Crippen LogP contribution is -2.25. The summed E-state index contributed by atoms with van der Waals surface area (Å²) in [5.74, 6) is -1.24. The van der Waals surface area contributed by atoms with Crippen molar-refractivity contribution in [3.63, 3.8) is 0 Å². The number of rotatable bonds is 2.